The molecule has 0 N–H and O–H groups in total. The summed E-state index contributed by atoms with van der Waals surface area (Å²) in [5, 5.41) is 0. The van der Waals surface area contributed by atoms with Gasteiger partial charge in [0, 0.05) is 19.6 Å². The van der Waals surface area contributed by atoms with E-state index in [2.05, 4.69) is 22.6 Å². The molecule has 0 saturated heterocycles. The van der Waals surface area contributed by atoms with E-state index in [1.807, 2.05) is 54.8 Å². The van der Waals surface area contributed by atoms with Gasteiger partial charge >= 0.3 is 0 Å². The van der Waals surface area contributed by atoms with Crippen LogP contribution in [0.5, 0.6) is 0 Å². The molecule has 0 saturated carbocycles. The van der Waals surface area contributed by atoms with Crippen LogP contribution in [-0.2, 0) is 0 Å². The van der Waals surface area contributed by atoms with Gasteiger partial charge in [-0.25, -0.2) is 0 Å². The smallest absolute Gasteiger partial charge is 0.193 e. The highest BCUT2D eigenvalue weighted by atomic mass is 127. The third-order valence-corrected chi connectivity index (χ3v) is 3.85. The SMILES string of the molecule is CSc1ccc(C(=O)c2cccc(I)c2)cc1. The predicted molar refractivity (Wildman–Crippen MR) is 80.8 cm³/mol. The van der Waals surface area contributed by atoms with Crippen molar-refractivity contribution in [3.05, 3.63) is 63.2 Å². The van der Waals surface area contributed by atoms with Crippen LogP contribution in [0.4, 0.5) is 0 Å². The summed E-state index contributed by atoms with van der Waals surface area (Å²) < 4.78 is 1.08. The minimum Gasteiger partial charge on any atom is -0.289 e. The van der Waals surface area contributed by atoms with Gasteiger partial charge in [0.15, 0.2) is 5.78 Å². The van der Waals surface area contributed by atoms with Gasteiger partial charge < -0.3 is 0 Å². The number of hydrogen-bond donors (Lipinski definition) is 0. The summed E-state index contributed by atoms with van der Waals surface area (Å²) in [5.41, 5.74) is 1.48. The van der Waals surface area contributed by atoms with Crippen molar-refractivity contribution >= 4 is 40.1 Å². The van der Waals surface area contributed by atoms with Crippen molar-refractivity contribution in [2.24, 2.45) is 0 Å². The lowest BCUT2D eigenvalue weighted by Crippen LogP contribution is -2.01. The Hall–Kier alpha value is -0.810. The number of thioether (sulfide) groups is 1. The average Bonchev–Trinajstić information content (AvgIpc) is 2.38. The van der Waals surface area contributed by atoms with Crippen LogP contribution in [-0.4, -0.2) is 12.0 Å². The highest BCUT2D eigenvalue weighted by molar-refractivity contribution is 14.1. The van der Waals surface area contributed by atoms with Gasteiger partial charge in [0.25, 0.3) is 0 Å². The molecule has 0 atom stereocenters. The maximum Gasteiger partial charge on any atom is 0.193 e. The molecule has 3 heteroatoms. The monoisotopic (exact) mass is 354 g/mol. The van der Waals surface area contributed by atoms with Crippen LogP contribution in [0.3, 0.4) is 0 Å². The van der Waals surface area contributed by atoms with E-state index < -0.39 is 0 Å². The number of rotatable bonds is 3. The maximum atomic E-state index is 12.2. The Labute approximate surface area is 119 Å². The molecule has 0 amide bonds. The van der Waals surface area contributed by atoms with E-state index in [0.717, 1.165) is 14.7 Å². The van der Waals surface area contributed by atoms with Crippen LogP contribution in [0.25, 0.3) is 0 Å². The fourth-order valence-electron chi connectivity index (χ4n) is 1.54. The van der Waals surface area contributed by atoms with Crippen molar-refractivity contribution in [1.29, 1.82) is 0 Å². The highest BCUT2D eigenvalue weighted by Gasteiger charge is 2.08. The molecule has 17 heavy (non-hydrogen) atoms. The van der Waals surface area contributed by atoms with E-state index in [4.69, 9.17) is 0 Å². The summed E-state index contributed by atoms with van der Waals surface area (Å²) >= 11 is 3.89. The molecule has 0 aliphatic heterocycles. The summed E-state index contributed by atoms with van der Waals surface area (Å²) in [4.78, 5) is 13.4. The Balaban J connectivity index is 2.30. The van der Waals surface area contributed by atoms with E-state index >= 15 is 0 Å². The van der Waals surface area contributed by atoms with Gasteiger partial charge in [0.2, 0.25) is 0 Å². The first-order chi connectivity index (χ1) is 8.20. The van der Waals surface area contributed by atoms with Crippen LogP contribution in [0.15, 0.2) is 53.4 Å². The zero-order valence-electron chi connectivity index (χ0n) is 9.31. The van der Waals surface area contributed by atoms with E-state index in [-0.39, 0.29) is 5.78 Å². The molecule has 2 aromatic rings. The van der Waals surface area contributed by atoms with Gasteiger partial charge in [-0.2, -0.15) is 0 Å². The predicted octanol–water partition coefficient (Wildman–Crippen LogP) is 4.24. The fraction of sp³-hybridized carbons (Fsp3) is 0.0714. The number of carbonyl (C=O) groups is 1. The van der Waals surface area contributed by atoms with Gasteiger partial charge in [-0.3, -0.25) is 4.79 Å². The molecule has 2 rings (SSSR count). The van der Waals surface area contributed by atoms with Crippen LogP contribution < -0.4 is 0 Å². The highest BCUT2D eigenvalue weighted by Crippen LogP contribution is 2.18. The van der Waals surface area contributed by atoms with Gasteiger partial charge in [-0.05, 0) is 65.2 Å². The number of hydrogen-bond acceptors (Lipinski definition) is 2. The molecule has 0 unspecified atom stereocenters. The summed E-state index contributed by atoms with van der Waals surface area (Å²) in [6.45, 7) is 0. The number of halogens is 1. The molecule has 0 bridgehead atoms. The standard InChI is InChI=1S/C14H11IOS/c1-17-13-7-5-10(6-8-13)14(16)11-3-2-4-12(15)9-11/h2-9H,1H3. The Morgan fingerprint density at radius 3 is 2.35 bits per heavy atom. The molecular formula is C14H11IOS. The Bertz CT molecular complexity index is 534. The van der Waals surface area contributed by atoms with Gasteiger partial charge in [0.1, 0.15) is 0 Å². The third kappa shape index (κ3) is 3.10. The molecule has 2 aromatic carbocycles. The molecule has 86 valence electrons. The Morgan fingerprint density at radius 2 is 1.76 bits per heavy atom. The summed E-state index contributed by atoms with van der Waals surface area (Å²) in [5.74, 6) is 0.0798. The third-order valence-electron chi connectivity index (χ3n) is 2.44. The quantitative estimate of drug-likeness (QED) is 0.466. The lowest BCUT2D eigenvalue weighted by atomic mass is 10.0. The first-order valence-electron chi connectivity index (χ1n) is 5.15. The van der Waals surface area contributed by atoms with Gasteiger partial charge in [0.05, 0.1) is 0 Å². The van der Waals surface area contributed by atoms with Crippen molar-refractivity contribution in [2.75, 3.05) is 6.26 Å². The van der Waals surface area contributed by atoms with Gasteiger partial charge in [-0.1, -0.05) is 12.1 Å². The molecule has 0 spiro atoms. The molecule has 1 nitrogen and oxygen atoms in total. The Kier molecular flexibility index (Phi) is 4.23. The van der Waals surface area contributed by atoms with E-state index in [1.165, 1.54) is 4.90 Å². The second-order valence-corrected chi connectivity index (χ2v) is 5.69. The zero-order valence-corrected chi connectivity index (χ0v) is 12.3. The topological polar surface area (TPSA) is 17.1 Å². The average molecular weight is 354 g/mol. The van der Waals surface area contributed by atoms with Crippen molar-refractivity contribution in [2.45, 2.75) is 4.90 Å². The van der Waals surface area contributed by atoms with E-state index in [9.17, 15) is 4.79 Å². The normalized spacial score (nSPS) is 10.2. The first-order valence-corrected chi connectivity index (χ1v) is 7.45. The molecule has 0 aliphatic rings. The zero-order chi connectivity index (χ0) is 12.3. The summed E-state index contributed by atoms with van der Waals surface area (Å²) in [7, 11) is 0. The molecule has 0 fully saturated rings. The van der Waals surface area contributed by atoms with Crippen LogP contribution in [0.1, 0.15) is 15.9 Å². The summed E-state index contributed by atoms with van der Waals surface area (Å²) in [6.07, 6.45) is 2.02. The van der Waals surface area contributed by atoms with Crippen molar-refractivity contribution in [1.82, 2.24) is 0 Å². The van der Waals surface area contributed by atoms with Crippen LogP contribution in [0.2, 0.25) is 0 Å². The van der Waals surface area contributed by atoms with Crippen molar-refractivity contribution < 1.29 is 4.79 Å². The summed E-state index contributed by atoms with van der Waals surface area (Å²) in [6, 6.07) is 15.4. The minimum absolute atomic E-state index is 0.0798. The molecule has 0 aromatic heterocycles. The second-order valence-electron chi connectivity index (χ2n) is 3.57. The lowest BCUT2D eigenvalue weighted by Gasteiger charge is -2.03. The lowest BCUT2D eigenvalue weighted by molar-refractivity contribution is 0.103. The molecule has 0 aliphatic carbocycles. The number of benzene rings is 2. The molecule has 0 heterocycles. The van der Waals surface area contributed by atoms with E-state index in [1.54, 1.807) is 11.8 Å². The van der Waals surface area contributed by atoms with Crippen molar-refractivity contribution in [3.8, 4) is 0 Å². The maximum absolute atomic E-state index is 12.2. The van der Waals surface area contributed by atoms with Gasteiger partial charge in [-0.15, -0.1) is 11.8 Å². The van der Waals surface area contributed by atoms with Crippen LogP contribution in [0, 0.1) is 3.57 Å². The molecule has 0 radical (unpaired) electrons. The Morgan fingerprint density at radius 1 is 1.06 bits per heavy atom. The number of ketones is 1. The first kappa shape index (κ1) is 12.6. The number of carbonyl (C=O) groups excluding carboxylic acids is 1. The fourth-order valence-corrected chi connectivity index (χ4v) is 2.49. The second kappa shape index (κ2) is 5.69. The largest absolute Gasteiger partial charge is 0.289 e. The van der Waals surface area contributed by atoms with Crippen molar-refractivity contribution in [3.63, 3.8) is 0 Å². The van der Waals surface area contributed by atoms with E-state index in [0.29, 0.717) is 0 Å². The van der Waals surface area contributed by atoms with Crippen LogP contribution >= 0.6 is 34.4 Å². The molecular weight excluding hydrogens is 343 g/mol. The minimum atomic E-state index is 0.0798.